The molecule has 1 aliphatic heterocycles. The van der Waals surface area contributed by atoms with E-state index in [4.69, 9.17) is 10.5 Å². The largest absolute Gasteiger partial charge is 0.576 e. The lowest BCUT2D eigenvalue weighted by atomic mass is 9.58. The van der Waals surface area contributed by atoms with Gasteiger partial charge in [0.1, 0.15) is 0 Å². The van der Waals surface area contributed by atoms with Gasteiger partial charge in [-0.25, -0.2) is 0 Å². The van der Waals surface area contributed by atoms with Gasteiger partial charge in [0, 0.05) is 12.6 Å². The molecule has 2 aromatic rings. The monoisotopic (exact) mass is 377 g/mol. The summed E-state index contributed by atoms with van der Waals surface area (Å²) in [5, 5.41) is 14.4. The van der Waals surface area contributed by atoms with E-state index in [0.717, 1.165) is 38.0 Å². The van der Waals surface area contributed by atoms with Crippen molar-refractivity contribution in [2.24, 2.45) is 17.1 Å². The smallest absolute Gasteiger partial charge is 0.302 e. The quantitative estimate of drug-likeness (QED) is 0.569. The third-order valence-corrected chi connectivity index (χ3v) is 8.28. The number of phenols is 1. The van der Waals surface area contributed by atoms with Crippen molar-refractivity contribution >= 4 is 0 Å². The number of benzene rings is 2. The first-order valence-corrected chi connectivity index (χ1v) is 10.6. The molecule has 2 fully saturated rings. The normalized spacial score (nSPS) is 39.5. The zero-order valence-corrected chi connectivity index (χ0v) is 16.4. The summed E-state index contributed by atoms with van der Waals surface area (Å²) in [6.45, 7) is 3.23. The van der Waals surface area contributed by atoms with Crippen molar-refractivity contribution in [1.82, 2.24) is 5.32 Å². The van der Waals surface area contributed by atoms with E-state index in [1.165, 1.54) is 16.7 Å². The van der Waals surface area contributed by atoms with Gasteiger partial charge in [0.15, 0.2) is 0 Å². The first-order valence-electron chi connectivity index (χ1n) is 10.6. The lowest BCUT2D eigenvalue weighted by Crippen LogP contribution is -2.58. The molecule has 1 heterocycles. The number of nitrogens with one attached hydrogen (secondary N) is 1. The summed E-state index contributed by atoms with van der Waals surface area (Å²) in [5.74, 6) is 1.66. The van der Waals surface area contributed by atoms with Gasteiger partial charge in [-0.15, -0.1) is 0 Å². The number of ether oxygens (including phenoxy) is 1. The minimum Gasteiger partial charge on any atom is -0.576 e. The first-order chi connectivity index (χ1) is 13.5. The van der Waals surface area contributed by atoms with Crippen molar-refractivity contribution in [2.45, 2.75) is 62.8 Å². The lowest BCUT2D eigenvalue weighted by Gasteiger charge is -2.44. The minimum absolute atomic E-state index is 0.00241. The second-order valence-electron chi connectivity index (χ2n) is 9.77. The molecule has 6 rings (SSSR count). The average Bonchev–Trinajstić information content (AvgIpc) is 3.14. The molecule has 0 aromatic heterocycles. The summed E-state index contributed by atoms with van der Waals surface area (Å²) in [7, 11) is 0. The van der Waals surface area contributed by atoms with Crippen LogP contribution in [-0.4, -0.2) is 28.0 Å². The van der Waals surface area contributed by atoms with Gasteiger partial charge in [-0.3, -0.25) is 0 Å². The average molecular weight is 378 g/mol. The van der Waals surface area contributed by atoms with E-state index in [1.54, 1.807) is 0 Å². The molecular formula is C24H29N2O2+. The summed E-state index contributed by atoms with van der Waals surface area (Å²) in [5.41, 5.74) is 11.0. The Hall–Kier alpha value is -2.04. The van der Waals surface area contributed by atoms with Crippen LogP contribution in [0.5, 0.6) is 11.5 Å². The molecule has 2 aromatic carbocycles. The molecule has 0 radical (unpaired) electrons. The molecule has 1 spiro atoms. The number of aromatic hydroxyl groups is 2. The van der Waals surface area contributed by atoms with Gasteiger partial charge in [-0.05, 0) is 54.2 Å². The summed E-state index contributed by atoms with van der Waals surface area (Å²) in [4.78, 5) is 0. The van der Waals surface area contributed by atoms with E-state index in [0.29, 0.717) is 17.7 Å². The molecule has 4 unspecified atom stereocenters. The highest BCUT2D eigenvalue weighted by Gasteiger charge is 2.73. The Morgan fingerprint density at radius 2 is 2.00 bits per heavy atom. The molecule has 4 nitrogen and oxygen atoms in total. The van der Waals surface area contributed by atoms with E-state index in [-0.39, 0.29) is 23.0 Å². The van der Waals surface area contributed by atoms with Gasteiger partial charge >= 0.3 is 5.75 Å². The maximum absolute atomic E-state index is 10.6. The number of phenolic OH excluding ortho intramolecular Hbond substituents is 1. The highest BCUT2D eigenvalue weighted by Crippen LogP contribution is 2.70. The second-order valence-corrected chi connectivity index (χ2v) is 9.77. The fraction of sp³-hybridized carbons (Fsp3) is 0.500. The molecule has 2 saturated carbocycles. The highest BCUT2D eigenvalue weighted by molar-refractivity contribution is 5.61. The summed E-state index contributed by atoms with van der Waals surface area (Å²) < 4.78 is 5.19. The molecule has 2 bridgehead atoms. The Bertz CT molecular complexity index is 945. The number of rotatable bonds is 3. The Morgan fingerprint density at radius 3 is 2.82 bits per heavy atom. The number of aliphatic hydroxyl groups is 1. The summed E-state index contributed by atoms with van der Waals surface area (Å²) in [6.07, 6.45) is 4.53. The van der Waals surface area contributed by atoms with E-state index in [1.807, 2.05) is 6.07 Å². The fourth-order valence-corrected chi connectivity index (χ4v) is 7.22. The maximum atomic E-state index is 10.6. The maximum Gasteiger partial charge on any atom is 0.302 e. The Morgan fingerprint density at radius 1 is 1.18 bits per heavy atom. The van der Waals surface area contributed by atoms with E-state index in [9.17, 15) is 5.11 Å². The zero-order valence-electron chi connectivity index (χ0n) is 16.4. The van der Waals surface area contributed by atoms with Crippen LogP contribution in [0, 0.1) is 11.3 Å². The molecule has 4 heteroatoms. The molecular weight excluding hydrogens is 348 g/mol. The molecule has 6 atom stereocenters. The summed E-state index contributed by atoms with van der Waals surface area (Å²) >= 11 is 0. The van der Waals surface area contributed by atoms with Crippen molar-refractivity contribution < 1.29 is 9.84 Å². The van der Waals surface area contributed by atoms with Crippen LogP contribution < -0.4 is 11.1 Å². The van der Waals surface area contributed by atoms with Crippen LogP contribution in [-0.2, 0) is 18.4 Å². The van der Waals surface area contributed by atoms with Crippen LogP contribution in [0.25, 0.3) is 0 Å². The van der Waals surface area contributed by atoms with Crippen LogP contribution in [0.4, 0.5) is 0 Å². The van der Waals surface area contributed by atoms with Crippen LogP contribution >= 0.6 is 0 Å². The van der Waals surface area contributed by atoms with E-state index >= 15 is 0 Å². The predicted molar refractivity (Wildman–Crippen MR) is 109 cm³/mol. The van der Waals surface area contributed by atoms with Crippen LogP contribution in [0.2, 0.25) is 0 Å². The standard InChI is InChI=1S/C24H28N2O2/c1-23-11-15-7-10-18(27)20-19(15)24(13-23)16(21(23)25)8-9-17(22(24)28-20)26-12-14-5-3-2-4-6-14/h2-7,10,16-17,21-22,26-27H,8-9,11-13,25H2,1H3/p+1/t16?,17-,21?,22?,23?,24-/m1/s1. The van der Waals surface area contributed by atoms with Gasteiger partial charge in [0.05, 0.1) is 17.0 Å². The Labute approximate surface area is 166 Å². The van der Waals surface area contributed by atoms with E-state index < -0.39 is 0 Å². The molecule has 3 aliphatic carbocycles. The van der Waals surface area contributed by atoms with Gasteiger partial charge in [-0.1, -0.05) is 43.3 Å². The number of fused-ring (bicyclic) bond motifs is 1. The Kier molecular flexibility index (Phi) is 3.33. The molecule has 4 aliphatic rings. The van der Waals surface area contributed by atoms with Gasteiger partial charge in [0.2, 0.25) is 11.9 Å². The lowest BCUT2D eigenvalue weighted by molar-refractivity contribution is -0.0896. The number of hydrogen-bond acceptors (Lipinski definition) is 3. The summed E-state index contributed by atoms with van der Waals surface area (Å²) in [6, 6.07) is 15.1. The fourth-order valence-electron chi connectivity index (χ4n) is 7.22. The van der Waals surface area contributed by atoms with E-state index in [2.05, 4.69) is 48.6 Å². The molecule has 0 amide bonds. The second kappa shape index (κ2) is 5.52. The van der Waals surface area contributed by atoms with Crippen LogP contribution in [0.15, 0.2) is 42.5 Å². The third-order valence-electron chi connectivity index (χ3n) is 8.28. The zero-order chi connectivity index (χ0) is 19.1. The SMILES string of the molecule is CC12Cc3ccc(O)c4c3[C@@]3(C1)C(CC[C@@H](NCc1ccccc1)C3[OH+]4)C2N. The molecule has 0 saturated heterocycles. The third kappa shape index (κ3) is 1.98. The first kappa shape index (κ1) is 16.9. The van der Waals surface area contributed by atoms with Crippen molar-refractivity contribution in [3.05, 3.63) is 59.2 Å². The Balaban J connectivity index is 1.42. The van der Waals surface area contributed by atoms with Gasteiger partial charge < -0.3 is 20.9 Å². The highest BCUT2D eigenvalue weighted by atomic mass is 16.5. The topological polar surface area (TPSA) is 71.1 Å². The van der Waals surface area contributed by atoms with Gasteiger partial charge in [-0.2, -0.15) is 0 Å². The number of nitrogens with two attached hydrogens (primary N) is 1. The van der Waals surface area contributed by atoms with Crippen molar-refractivity contribution in [2.75, 3.05) is 0 Å². The number of hydrogen-bond donors (Lipinski definition) is 3. The van der Waals surface area contributed by atoms with Crippen molar-refractivity contribution in [3.63, 3.8) is 0 Å². The minimum atomic E-state index is 0.00241. The predicted octanol–water partition coefficient (Wildman–Crippen LogP) is 3.12. The molecule has 28 heavy (non-hydrogen) atoms. The van der Waals surface area contributed by atoms with Gasteiger partial charge in [0.25, 0.3) is 0 Å². The van der Waals surface area contributed by atoms with Crippen molar-refractivity contribution in [3.8, 4) is 11.5 Å². The molecule has 146 valence electrons. The van der Waals surface area contributed by atoms with Crippen LogP contribution in [0.1, 0.15) is 42.9 Å². The van der Waals surface area contributed by atoms with Crippen molar-refractivity contribution in [1.29, 1.82) is 0 Å². The van der Waals surface area contributed by atoms with Crippen LogP contribution in [0.3, 0.4) is 0 Å². The molecule has 5 N–H and O–H groups in total.